The fraction of sp³-hybridized carbons (Fsp3) is 0.500. The molecule has 0 spiro atoms. The minimum atomic E-state index is -0.212. The van der Waals surface area contributed by atoms with Crippen molar-refractivity contribution in [3.05, 3.63) is 35.9 Å². The van der Waals surface area contributed by atoms with Crippen molar-refractivity contribution in [2.75, 3.05) is 6.61 Å². The Kier molecular flexibility index (Phi) is 5.16. The van der Waals surface area contributed by atoms with Crippen LogP contribution >= 0.6 is 0 Å². The van der Waals surface area contributed by atoms with Crippen molar-refractivity contribution in [3.8, 4) is 0 Å². The summed E-state index contributed by atoms with van der Waals surface area (Å²) in [4.78, 5) is 24.1. The molecule has 108 valence electrons. The predicted octanol–water partition coefficient (Wildman–Crippen LogP) is 2.54. The summed E-state index contributed by atoms with van der Waals surface area (Å²) in [5.74, 6) is -0.520. The molecule has 1 aromatic rings. The third-order valence-corrected chi connectivity index (χ3v) is 3.71. The van der Waals surface area contributed by atoms with Crippen molar-refractivity contribution >= 4 is 11.9 Å². The van der Waals surface area contributed by atoms with Gasteiger partial charge in [0, 0.05) is 11.6 Å². The Balaban J connectivity index is 2.02. The first-order chi connectivity index (χ1) is 9.72. The second kappa shape index (κ2) is 7.08. The molecule has 1 aliphatic carbocycles. The second-order valence-corrected chi connectivity index (χ2v) is 5.09. The Morgan fingerprint density at radius 3 is 2.60 bits per heavy atom. The van der Waals surface area contributed by atoms with Gasteiger partial charge in [-0.1, -0.05) is 31.0 Å². The van der Waals surface area contributed by atoms with E-state index in [9.17, 15) is 9.59 Å². The molecule has 4 nitrogen and oxygen atoms in total. The van der Waals surface area contributed by atoms with Crippen molar-refractivity contribution in [2.24, 2.45) is 5.92 Å². The summed E-state index contributed by atoms with van der Waals surface area (Å²) in [6, 6.07) is 8.97. The summed E-state index contributed by atoms with van der Waals surface area (Å²) in [6.45, 7) is 2.19. The zero-order valence-electron chi connectivity index (χ0n) is 11.8. The number of hydrogen-bond acceptors (Lipinski definition) is 3. The van der Waals surface area contributed by atoms with Gasteiger partial charge in [-0.25, -0.2) is 0 Å². The van der Waals surface area contributed by atoms with E-state index in [1.807, 2.05) is 18.2 Å². The largest absolute Gasteiger partial charge is 0.466 e. The highest BCUT2D eigenvalue weighted by atomic mass is 16.5. The molecule has 0 saturated heterocycles. The van der Waals surface area contributed by atoms with Gasteiger partial charge in [-0.3, -0.25) is 9.59 Å². The summed E-state index contributed by atoms with van der Waals surface area (Å²) in [6.07, 6.45) is 3.68. The smallest absolute Gasteiger partial charge is 0.311 e. The van der Waals surface area contributed by atoms with E-state index in [0.29, 0.717) is 12.2 Å². The first kappa shape index (κ1) is 14.6. The average molecular weight is 275 g/mol. The standard InChI is InChI=1S/C16H21NO3/c1-2-20-16(19)13-10-6-7-11-14(13)17-15(18)12-8-4-3-5-9-12/h3-5,8-9,13-14H,2,6-7,10-11H2,1H3,(H,17,18)/t13-,14-/m1/s1. The van der Waals surface area contributed by atoms with Crippen LogP contribution in [0.5, 0.6) is 0 Å². The van der Waals surface area contributed by atoms with Crippen LogP contribution in [0.1, 0.15) is 43.0 Å². The van der Waals surface area contributed by atoms with E-state index >= 15 is 0 Å². The Bertz CT molecular complexity index is 458. The SMILES string of the molecule is CCOC(=O)[C@@H]1CCCC[C@H]1NC(=O)c1ccccc1. The molecule has 0 aliphatic heterocycles. The number of hydrogen-bond donors (Lipinski definition) is 1. The number of carbonyl (C=O) groups excluding carboxylic acids is 2. The molecule has 1 N–H and O–H groups in total. The summed E-state index contributed by atoms with van der Waals surface area (Å²) >= 11 is 0. The topological polar surface area (TPSA) is 55.4 Å². The first-order valence-electron chi connectivity index (χ1n) is 7.25. The fourth-order valence-electron chi connectivity index (χ4n) is 2.68. The van der Waals surface area contributed by atoms with E-state index in [-0.39, 0.29) is 23.8 Å². The lowest BCUT2D eigenvalue weighted by molar-refractivity contribution is -0.150. The molecule has 0 aromatic heterocycles. The third-order valence-electron chi connectivity index (χ3n) is 3.71. The molecule has 1 aliphatic rings. The monoisotopic (exact) mass is 275 g/mol. The van der Waals surface area contributed by atoms with Gasteiger partial charge in [-0.15, -0.1) is 0 Å². The molecular weight excluding hydrogens is 254 g/mol. The molecule has 0 radical (unpaired) electrons. The summed E-state index contributed by atoms with van der Waals surface area (Å²) in [5, 5.41) is 2.98. The molecule has 1 fully saturated rings. The van der Waals surface area contributed by atoms with E-state index in [1.54, 1.807) is 19.1 Å². The number of rotatable bonds is 4. The maximum atomic E-state index is 12.2. The van der Waals surface area contributed by atoms with E-state index in [1.165, 1.54) is 0 Å². The fourth-order valence-corrected chi connectivity index (χ4v) is 2.68. The highest BCUT2D eigenvalue weighted by Crippen LogP contribution is 2.26. The molecular formula is C16H21NO3. The lowest BCUT2D eigenvalue weighted by atomic mass is 9.84. The van der Waals surface area contributed by atoms with Crippen molar-refractivity contribution < 1.29 is 14.3 Å². The number of benzene rings is 1. The van der Waals surface area contributed by atoms with E-state index in [2.05, 4.69) is 5.32 Å². The third kappa shape index (κ3) is 3.59. The molecule has 20 heavy (non-hydrogen) atoms. The van der Waals surface area contributed by atoms with Gasteiger partial charge in [0.05, 0.1) is 12.5 Å². The van der Waals surface area contributed by atoms with Crippen LogP contribution in [-0.2, 0) is 9.53 Å². The number of amides is 1. The van der Waals surface area contributed by atoms with Gasteiger partial charge in [0.1, 0.15) is 0 Å². The van der Waals surface area contributed by atoms with Gasteiger partial charge in [0.2, 0.25) is 0 Å². The molecule has 0 unspecified atom stereocenters. The highest BCUT2D eigenvalue weighted by molar-refractivity contribution is 5.94. The van der Waals surface area contributed by atoms with Gasteiger partial charge in [-0.05, 0) is 31.9 Å². The minimum absolute atomic E-state index is 0.115. The quantitative estimate of drug-likeness (QED) is 0.859. The Morgan fingerprint density at radius 1 is 1.20 bits per heavy atom. The van der Waals surface area contributed by atoms with Crippen LogP contribution in [0.25, 0.3) is 0 Å². The van der Waals surface area contributed by atoms with Gasteiger partial charge < -0.3 is 10.1 Å². The zero-order chi connectivity index (χ0) is 14.4. The lowest BCUT2D eigenvalue weighted by Gasteiger charge is -2.30. The Labute approximate surface area is 119 Å². The molecule has 0 heterocycles. The van der Waals surface area contributed by atoms with E-state index in [4.69, 9.17) is 4.74 Å². The van der Waals surface area contributed by atoms with Crippen molar-refractivity contribution in [1.82, 2.24) is 5.32 Å². The predicted molar refractivity (Wildman–Crippen MR) is 76.3 cm³/mol. The van der Waals surface area contributed by atoms with Gasteiger partial charge in [0.15, 0.2) is 0 Å². The lowest BCUT2D eigenvalue weighted by Crippen LogP contribution is -2.45. The number of carbonyl (C=O) groups is 2. The summed E-state index contributed by atoms with van der Waals surface area (Å²) in [7, 11) is 0. The molecule has 1 aromatic carbocycles. The molecule has 2 atom stereocenters. The second-order valence-electron chi connectivity index (χ2n) is 5.09. The number of nitrogens with one attached hydrogen (secondary N) is 1. The Hall–Kier alpha value is -1.84. The Morgan fingerprint density at radius 2 is 1.90 bits per heavy atom. The van der Waals surface area contributed by atoms with Crippen LogP contribution in [0.2, 0.25) is 0 Å². The summed E-state index contributed by atoms with van der Waals surface area (Å²) < 4.78 is 5.11. The van der Waals surface area contributed by atoms with Crippen LogP contribution in [-0.4, -0.2) is 24.5 Å². The van der Waals surface area contributed by atoms with E-state index in [0.717, 1.165) is 25.7 Å². The van der Waals surface area contributed by atoms with Gasteiger partial charge in [-0.2, -0.15) is 0 Å². The number of esters is 1. The molecule has 4 heteroatoms. The van der Waals surface area contributed by atoms with Crippen molar-refractivity contribution in [2.45, 2.75) is 38.6 Å². The van der Waals surface area contributed by atoms with Crippen LogP contribution in [0, 0.1) is 5.92 Å². The average Bonchev–Trinajstić information content (AvgIpc) is 2.49. The zero-order valence-corrected chi connectivity index (χ0v) is 11.8. The first-order valence-corrected chi connectivity index (χ1v) is 7.25. The van der Waals surface area contributed by atoms with Crippen LogP contribution in [0.3, 0.4) is 0 Å². The maximum absolute atomic E-state index is 12.2. The van der Waals surface area contributed by atoms with Gasteiger partial charge in [0.25, 0.3) is 5.91 Å². The minimum Gasteiger partial charge on any atom is -0.466 e. The summed E-state index contributed by atoms with van der Waals surface area (Å²) in [5.41, 5.74) is 0.626. The van der Waals surface area contributed by atoms with Gasteiger partial charge >= 0.3 is 5.97 Å². The molecule has 1 amide bonds. The van der Waals surface area contributed by atoms with Crippen molar-refractivity contribution in [3.63, 3.8) is 0 Å². The van der Waals surface area contributed by atoms with E-state index < -0.39 is 0 Å². The molecule has 2 rings (SSSR count). The molecule has 1 saturated carbocycles. The normalized spacial score (nSPS) is 22.1. The van der Waals surface area contributed by atoms with Crippen LogP contribution in [0.4, 0.5) is 0 Å². The highest BCUT2D eigenvalue weighted by Gasteiger charge is 2.33. The van der Waals surface area contributed by atoms with Crippen molar-refractivity contribution in [1.29, 1.82) is 0 Å². The van der Waals surface area contributed by atoms with Crippen LogP contribution in [0.15, 0.2) is 30.3 Å². The van der Waals surface area contributed by atoms with Crippen LogP contribution < -0.4 is 5.32 Å². The molecule has 0 bridgehead atoms. The maximum Gasteiger partial charge on any atom is 0.311 e. The number of ether oxygens (including phenoxy) is 1.